The Kier molecular flexibility index (Phi) is 2.95. The van der Waals surface area contributed by atoms with Crippen molar-refractivity contribution >= 4 is 5.95 Å². The summed E-state index contributed by atoms with van der Waals surface area (Å²) in [6, 6.07) is 7.64. The third kappa shape index (κ3) is 2.20. The van der Waals surface area contributed by atoms with Crippen molar-refractivity contribution in [2.45, 2.75) is 13.8 Å². The average molecular weight is 229 g/mol. The summed E-state index contributed by atoms with van der Waals surface area (Å²) in [6.07, 6.45) is 0. The van der Waals surface area contributed by atoms with Crippen molar-refractivity contribution in [2.75, 3.05) is 12.4 Å². The second kappa shape index (κ2) is 4.41. The number of hydrogen-bond acceptors (Lipinski definition) is 4. The standard InChI is InChI=1S/C13H15N3O/c1-8-5-4-6-9(2)12(8)10-7-11(17)16-13(14-3)15-10/h4-7H,1-3H3,(H2,14,15,16,17). The molecule has 1 aromatic heterocycles. The Hall–Kier alpha value is -2.10. The van der Waals surface area contributed by atoms with E-state index in [9.17, 15) is 5.11 Å². The van der Waals surface area contributed by atoms with Crippen LogP contribution in [-0.4, -0.2) is 22.1 Å². The van der Waals surface area contributed by atoms with Gasteiger partial charge in [-0.05, 0) is 25.0 Å². The van der Waals surface area contributed by atoms with E-state index in [0.717, 1.165) is 22.4 Å². The third-order valence-electron chi connectivity index (χ3n) is 2.67. The van der Waals surface area contributed by atoms with Gasteiger partial charge >= 0.3 is 0 Å². The van der Waals surface area contributed by atoms with Crippen LogP contribution < -0.4 is 5.32 Å². The number of aromatic nitrogens is 2. The summed E-state index contributed by atoms with van der Waals surface area (Å²) in [6.45, 7) is 4.06. The van der Waals surface area contributed by atoms with Gasteiger partial charge in [0.15, 0.2) is 0 Å². The normalized spacial score (nSPS) is 10.3. The third-order valence-corrected chi connectivity index (χ3v) is 2.67. The highest BCUT2D eigenvalue weighted by Crippen LogP contribution is 2.27. The van der Waals surface area contributed by atoms with E-state index in [1.807, 2.05) is 32.0 Å². The van der Waals surface area contributed by atoms with Gasteiger partial charge in [0.1, 0.15) is 0 Å². The molecule has 0 radical (unpaired) electrons. The molecule has 0 bridgehead atoms. The lowest BCUT2D eigenvalue weighted by atomic mass is 10.00. The summed E-state index contributed by atoms with van der Waals surface area (Å²) in [4.78, 5) is 8.23. The molecule has 0 amide bonds. The lowest BCUT2D eigenvalue weighted by Crippen LogP contribution is -1.99. The summed E-state index contributed by atoms with van der Waals surface area (Å²) in [5.74, 6) is 0.393. The number of anilines is 1. The molecule has 4 heteroatoms. The Morgan fingerprint density at radius 1 is 1.12 bits per heavy atom. The van der Waals surface area contributed by atoms with Gasteiger partial charge in [0, 0.05) is 18.7 Å². The highest BCUT2D eigenvalue weighted by atomic mass is 16.3. The molecule has 0 saturated heterocycles. The lowest BCUT2D eigenvalue weighted by Gasteiger charge is -2.10. The fourth-order valence-electron chi connectivity index (χ4n) is 1.89. The maximum atomic E-state index is 9.58. The zero-order valence-corrected chi connectivity index (χ0v) is 10.2. The van der Waals surface area contributed by atoms with E-state index in [-0.39, 0.29) is 5.88 Å². The number of nitrogens with zero attached hydrogens (tertiary/aromatic N) is 2. The first-order valence-electron chi connectivity index (χ1n) is 5.44. The van der Waals surface area contributed by atoms with Crippen LogP contribution in [-0.2, 0) is 0 Å². The van der Waals surface area contributed by atoms with Crippen LogP contribution in [0.3, 0.4) is 0 Å². The maximum absolute atomic E-state index is 9.58. The summed E-state index contributed by atoms with van der Waals surface area (Å²) < 4.78 is 0. The molecule has 0 fully saturated rings. The van der Waals surface area contributed by atoms with Crippen molar-refractivity contribution < 1.29 is 5.11 Å². The summed E-state index contributed by atoms with van der Waals surface area (Å²) in [5.41, 5.74) is 4.04. The summed E-state index contributed by atoms with van der Waals surface area (Å²) in [5, 5.41) is 12.4. The van der Waals surface area contributed by atoms with Crippen molar-refractivity contribution in [1.29, 1.82) is 0 Å². The van der Waals surface area contributed by atoms with E-state index in [1.165, 1.54) is 0 Å². The van der Waals surface area contributed by atoms with Crippen LogP contribution in [0.1, 0.15) is 11.1 Å². The smallest absolute Gasteiger partial charge is 0.226 e. The molecule has 2 rings (SSSR count). The van der Waals surface area contributed by atoms with Crippen molar-refractivity contribution in [3.63, 3.8) is 0 Å². The highest BCUT2D eigenvalue weighted by Gasteiger charge is 2.09. The average Bonchev–Trinajstić information content (AvgIpc) is 2.28. The zero-order chi connectivity index (χ0) is 12.4. The van der Waals surface area contributed by atoms with Gasteiger partial charge in [-0.25, -0.2) is 4.98 Å². The number of aromatic hydroxyl groups is 1. The van der Waals surface area contributed by atoms with E-state index < -0.39 is 0 Å². The van der Waals surface area contributed by atoms with Crippen molar-refractivity contribution in [3.8, 4) is 17.1 Å². The molecular formula is C13H15N3O. The van der Waals surface area contributed by atoms with E-state index in [0.29, 0.717) is 5.95 Å². The van der Waals surface area contributed by atoms with Crippen LogP contribution in [0.25, 0.3) is 11.3 Å². The molecule has 17 heavy (non-hydrogen) atoms. The Bertz CT molecular complexity index is 532. The van der Waals surface area contributed by atoms with Gasteiger partial charge in [-0.2, -0.15) is 4.98 Å². The van der Waals surface area contributed by atoms with Crippen LogP contribution in [0.2, 0.25) is 0 Å². The van der Waals surface area contributed by atoms with E-state index in [1.54, 1.807) is 13.1 Å². The van der Waals surface area contributed by atoms with E-state index in [2.05, 4.69) is 15.3 Å². The molecule has 0 aliphatic carbocycles. The number of rotatable bonds is 2. The molecule has 0 unspecified atom stereocenters. The summed E-state index contributed by atoms with van der Waals surface area (Å²) in [7, 11) is 1.73. The fraction of sp³-hybridized carbons (Fsp3) is 0.231. The van der Waals surface area contributed by atoms with Gasteiger partial charge in [0.05, 0.1) is 5.69 Å². The zero-order valence-electron chi connectivity index (χ0n) is 10.2. The molecule has 0 saturated carbocycles. The van der Waals surface area contributed by atoms with Crippen LogP contribution >= 0.6 is 0 Å². The minimum Gasteiger partial charge on any atom is -0.493 e. The SMILES string of the molecule is CNc1nc(O)cc(-c2c(C)cccc2C)n1. The molecular weight excluding hydrogens is 214 g/mol. The fourth-order valence-corrected chi connectivity index (χ4v) is 1.89. The van der Waals surface area contributed by atoms with Gasteiger partial charge < -0.3 is 10.4 Å². The molecule has 88 valence electrons. The molecule has 1 heterocycles. The van der Waals surface area contributed by atoms with Crippen molar-refractivity contribution in [1.82, 2.24) is 9.97 Å². The number of nitrogens with one attached hydrogen (secondary N) is 1. The Labute approximate surface area is 100 Å². The predicted molar refractivity (Wildman–Crippen MR) is 68.2 cm³/mol. The molecule has 4 nitrogen and oxygen atoms in total. The first-order valence-corrected chi connectivity index (χ1v) is 5.44. The second-order valence-electron chi connectivity index (χ2n) is 3.95. The Morgan fingerprint density at radius 3 is 2.35 bits per heavy atom. The van der Waals surface area contributed by atoms with E-state index in [4.69, 9.17) is 0 Å². The van der Waals surface area contributed by atoms with Gasteiger partial charge in [-0.1, -0.05) is 18.2 Å². The first kappa shape index (κ1) is 11.4. The number of benzene rings is 1. The van der Waals surface area contributed by atoms with Gasteiger partial charge in [-0.15, -0.1) is 0 Å². The van der Waals surface area contributed by atoms with Crippen molar-refractivity contribution in [3.05, 3.63) is 35.4 Å². The minimum absolute atomic E-state index is 0.0259. The van der Waals surface area contributed by atoms with Gasteiger partial charge in [0.25, 0.3) is 0 Å². The monoisotopic (exact) mass is 229 g/mol. The first-order chi connectivity index (χ1) is 8.11. The van der Waals surface area contributed by atoms with Gasteiger partial charge in [0.2, 0.25) is 11.8 Å². The molecule has 0 aliphatic rings. The number of hydrogen-bond donors (Lipinski definition) is 2. The predicted octanol–water partition coefficient (Wildman–Crippen LogP) is 2.51. The topological polar surface area (TPSA) is 58.0 Å². The van der Waals surface area contributed by atoms with Crippen molar-refractivity contribution in [2.24, 2.45) is 0 Å². The van der Waals surface area contributed by atoms with Crippen LogP contribution in [0, 0.1) is 13.8 Å². The summed E-state index contributed by atoms with van der Waals surface area (Å²) >= 11 is 0. The largest absolute Gasteiger partial charge is 0.493 e. The quantitative estimate of drug-likeness (QED) is 0.830. The molecule has 0 atom stereocenters. The molecule has 2 N–H and O–H groups in total. The molecule has 0 spiro atoms. The highest BCUT2D eigenvalue weighted by molar-refractivity contribution is 5.68. The van der Waals surface area contributed by atoms with Gasteiger partial charge in [-0.3, -0.25) is 0 Å². The Balaban J connectivity index is 2.64. The van der Waals surface area contributed by atoms with Crippen LogP contribution in [0.4, 0.5) is 5.95 Å². The van der Waals surface area contributed by atoms with Crippen LogP contribution in [0.5, 0.6) is 5.88 Å². The number of aryl methyl sites for hydroxylation is 2. The maximum Gasteiger partial charge on any atom is 0.226 e. The van der Waals surface area contributed by atoms with Crippen LogP contribution in [0.15, 0.2) is 24.3 Å². The molecule has 0 aliphatic heterocycles. The van der Waals surface area contributed by atoms with E-state index >= 15 is 0 Å². The molecule has 2 aromatic rings. The minimum atomic E-state index is -0.0259. The second-order valence-corrected chi connectivity index (χ2v) is 3.95. The Morgan fingerprint density at radius 2 is 1.76 bits per heavy atom. The molecule has 1 aromatic carbocycles. The lowest BCUT2D eigenvalue weighted by molar-refractivity contribution is 0.453.